The average Bonchev–Trinajstić information content (AvgIpc) is 2.03. The number of aromatic nitrogens is 2. The SMILES string of the molecule is Cc1ccnc(C(N)CO)n1. The molecule has 0 saturated carbocycles. The Hall–Kier alpha value is -1.00. The summed E-state index contributed by atoms with van der Waals surface area (Å²) in [6, 6.07) is 1.32. The van der Waals surface area contributed by atoms with E-state index in [1.165, 1.54) is 0 Å². The number of rotatable bonds is 2. The molecule has 0 bridgehead atoms. The Bertz CT molecular complexity index is 239. The predicted octanol–water partition coefficient (Wildman–Crippen LogP) is -0.223. The van der Waals surface area contributed by atoms with E-state index >= 15 is 0 Å². The van der Waals surface area contributed by atoms with Crippen LogP contribution in [0.25, 0.3) is 0 Å². The molecule has 1 atom stereocenters. The van der Waals surface area contributed by atoms with Crippen LogP contribution in [0.3, 0.4) is 0 Å². The lowest BCUT2D eigenvalue weighted by Crippen LogP contribution is -2.17. The van der Waals surface area contributed by atoms with Crippen LogP contribution in [0.15, 0.2) is 12.3 Å². The van der Waals surface area contributed by atoms with Crippen molar-refractivity contribution in [2.75, 3.05) is 6.61 Å². The zero-order valence-electron chi connectivity index (χ0n) is 6.36. The zero-order chi connectivity index (χ0) is 8.27. The maximum Gasteiger partial charge on any atom is 0.147 e. The van der Waals surface area contributed by atoms with Crippen molar-refractivity contribution in [2.24, 2.45) is 5.73 Å². The second kappa shape index (κ2) is 3.41. The summed E-state index contributed by atoms with van der Waals surface area (Å²) in [5, 5.41) is 8.67. The smallest absolute Gasteiger partial charge is 0.147 e. The summed E-state index contributed by atoms with van der Waals surface area (Å²) in [6.45, 7) is 1.73. The largest absolute Gasteiger partial charge is 0.394 e. The van der Waals surface area contributed by atoms with Crippen LogP contribution in [0, 0.1) is 6.92 Å². The lowest BCUT2D eigenvalue weighted by atomic mass is 10.3. The van der Waals surface area contributed by atoms with Crippen molar-refractivity contribution >= 4 is 0 Å². The van der Waals surface area contributed by atoms with Crippen LogP contribution in [0.4, 0.5) is 0 Å². The third-order valence-electron chi connectivity index (χ3n) is 1.34. The zero-order valence-corrected chi connectivity index (χ0v) is 6.36. The van der Waals surface area contributed by atoms with Gasteiger partial charge in [0, 0.05) is 11.9 Å². The first kappa shape index (κ1) is 8.10. The van der Waals surface area contributed by atoms with E-state index in [1.54, 1.807) is 12.3 Å². The van der Waals surface area contributed by atoms with Crippen LogP contribution >= 0.6 is 0 Å². The van der Waals surface area contributed by atoms with Gasteiger partial charge in [0.15, 0.2) is 0 Å². The minimum Gasteiger partial charge on any atom is -0.394 e. The van der Waals surface area contributed by atoms with E-state index in [2.05, 4.69) is 9.97 Å². The number of nitrogens with two attached hydrogens (primary N) is 1. The van der Waals surface area contributed by atoms with E-state index in [-0.39, 0.29) is 6.61 Å². The van der Waals surface area contributed by atoms with E-state index < -0.39 is 6.04 Å². The standard InChI is InChI=1S/C7H11N3O/c1-5-2-3-9-7(10-5)6(8)4-11/h2-3,6,11H,4,8H2,1H3. The monoisotopic (exact) mass is 153 g/mol. The first-order valence-corrected chi connectivity index (χ1v) is 3.40. The van der Waals surface area contributed by atoms with Gasteiger partial charge in [0.1, 0.15) is 5.82 Å². The van der Waals surface area contributed by atoms with Crippen molar-refractivity contribution in [1.82, 2.24) is 9.97 Å². The molecule has 4 heteroatoms. The van der Waals surface area contributed by atoms with Gasteiger partial charge in [-0.3, -0.25) is 0 Å². The summed E-state index contributed by atoms with van der Waals surface area (Å²) in [4.78, 5) is 7.96. The predicted molar refractivity (Wildman–Crippen MR) is 40.8 cm³/mol. The summed E-state index contributed by atoms with van der Waals surface area (Å²) >= 11 is 0. The fraction of sp³-hybridized carbons (Fsp3) is 0.429. The number of nitrogens with zero attached hydrogens (tertiary/aromatic N) is 2. The molecule has 1 unspecified atom stereocenters. The van der Waals surface area contributed by atoms with Gasteiger partial charge in [0.05, 0.1) is 12.6 Å². The van der Waals surface area contributed by atoms with Crippen molar-refractivity contribution in [2.45, 2.75) is 13.0 Å². The molecule has 3 N–H and O–H groups in total. The van der Waals surface area contributed by atoms with Crippen molar-refractivity contribution in [3.8, 4) is 0 Å². The lowest BCUT2D eigenvalue weighted by Gasteiger charge is -2.05. The van der Waals surface area contributed by atoms with Crippen LogP contribution in [0.5, 0.6) is 0 Å². The molecular formula is C7H11N3O. The molecule has 0 aliphatic rings. The average molecular weight is 153 g/mol. The maximum absolute atomic E-state index is 8.67. The summed E-state index contributed by atoms with van der Waals surface area (Å²) < 4.78 is 0. The molecule has 0 aliphatic carbocycles. The van der Waals surface area contributed by atoms with Crippen LogP contribution in [0.2, 0.25) is 0 Å². The number of aliphatic hydroxyl groups is 1. The van der Waals surface area contributed by atoms with Gasteiger partial charge in [-0.05, 0) is 13.0 Å². The van der Waals surface area contributed by atoms with Gasteiger partial charge in [0.2, 0.25) is 0 Å². The number of aryl methyl sites for hydroxylation is 1. The first-order valence-electron chi connectivity index (χ1n) is 3.40. The van der Waals surface area contributed by atoms with Gasteiger partial charge in [-0.1, -0.05) is 0 Å². The van der Waals surface area contributed by atoms with E-state index in [4.69, 9.17) is 10.8 Å². The Morgan fingerprint density at radius 3 is 3.00 bits per heavy atom. The topological polar surface area (TPSA) is 72.0 Å². The van der Waals surface area contributed by atoms with Crippen LogP contribution in [-0.4, -0.2) is 21.7 Å². The fourth-order valence-corrected chi connectivity index (χ4v) is 0.729. The molecule has 1 rings (SSSR count). The van der Waals surface area contributed by atoms with Crippen LogP contribution in [0.1, 0.15) is 17.6 Å². The summed E-state index contributed by atoms with van der Waals surface area (Å²) in [7, 11) is 0. The van der Waals surface area contributed by atoms with Gasteiger partial charge >= 0.3 is 0 Å². The van der Waals surface area contributed by atoms with Crippen molar-refractivity contribution in [3.63, 3.8) is 0 Å². The number of hydrogen-bond donors (Lipinski definition) is 2. The Morgan fingerprint density at radius 1 is 1.73 bits per heavy atom. The minimum absolute atomic E-state index is 0.122. The maximum atomic E-state index is 8.67. The normalized spacial score (nSPS) is 13.0. The number of hydrogen-bond acceptors (Lipinski definition) is 4. The number of aliphatic hydroxyl groups excluding tert-OH is 1. The van der Waals surface area contributed by atoms with Gasteiger partial charge in [-0.2, -0.15) is 0 Å². The molecule has 0 fully saturated rings. The van der Waals surface area contributed by atoms with E-state index in [0.29, 0.717) is 5.82 Å². The quantitative estimate of drug-likeness (QED) is 0.616. The molecule has 0 aliphatic heterocycles. The molecule has 11 heavy (non-hydrogen) atoms. The summed E-state index contributed by atoms with van der Waals surface area (Å²) in [6.07, 6.45) is 1.63. The second-order valence-corrected chi connectivity index (χ2v) is 2.35. The van der Waals surface area contributed by atoms with E-state index in [1.807, 2.05) is 6.92 Å². The van der Waals surface area contributed by atoms with Gasteiger partial charge in [-0.25, -0.2) is 9.97 Å². The van der Waals surface area contributed by atoms with Gasteiger partial charge in [0.25, 0.3) is 0 Å². The highest BCUT2D eigenvalue weighted by Crippen LogP contribution is 2.01. The minimum atomic E-state index is -0.463. The van der Waals surface area contributed by atoms with Gasteiger partial charge in [-0.15, -0.1) is 0 Å². The first-order chi connectivity index (χ1) is 5.24. The Balaban J connectivity index is 2.86. The van der Waals surface area contributed by atoms with Crippen LogP contribution < -0.4 is 5.73 Å². The van der Waals surface area contributed by atoms with E-state index in [0.717, 1.165) is 5.69 Å². The molecule has 0 radical (unpaired) electrons. The molecule has 0 saturated heterocycles. The molecule has 60 valence electrons. The van der Waals surface area contributed by atoms with E-state index in [9.17, 15) is 0 Å². The molecule has 4 nitrogen and oxygen atoms in total. The highest BCUT2D eigenvalue weighted by Gasteiger charge is 2.05. The molecule has 0 amide bonds. The summed E-state index contributed by atoms with van der Waals surface area (Å²) in [5.74, 6) is 0.493. The van der Waals surface area contributed by atoms with Crippen LogP contribution in [-0.2, 0) is 0 Å². The van der Waals surface area contributed by atoms with Gasteiger partial charge < -0.3 is 10.8 Å². The Kier molecular flexibility index (Phi) is 2.51. The highest BCUT2D eigenvalue weighted by molar-refractivity contribution is 5.02. The lowest BCUT2D eigenvalue weighted by molar-refractivity contribution is 0.263. The summed E-state index contributed by atoms with van der Waals surface area (Å²) in [5.41, 5.74) is 6.35. The molecule has 1 aromatic heterocycles. The molecule has 1 aromatic rings. The van der Waals surface area contributed by atoms with Crippen molar-refractivity contribution in [1.29, 1.82) is 0 Å². The molecule has 0 aromatic carbocycles. The fourth-order valence-electron chi connectivity index (χ4n) is 0.729. The highest BCUT2D eigenvalue weighted by atomic mass is 16.3. The second-order valence-electron chi connectivity index (χ2n) is 2.35. The molecular weight excluding hydrogens is 142 g/mol. The molecule has 1 heterocycles. The molecule has 0 spiro atoms. The third kappa shape index (κ3) is 1.96. The van der Waals surface area contributed by atoms with Crippen molar-refractivity contribution in [3.05, 3.63) is 23.8 Å². The third-order valence-corrected chi connectivity index (χ3v) is 1.34. The Labute approximate surface area is 65.1 Å². The van der Waals surface area contributed by atoms with Crippen molar-refractivity contribution < 1.29 is 5.11 Å². The Morgan fingerprint density at radius 2 is 2.45 bits per heavy atom.